The van der Waals surface area contributed by atoms with Gasteiger partial charge in [-0.15, -0.1) is 0 Å². The molecule has 24 heavy (non-hydrogen) atoms. The Morgan fingerprint density at radius 2 is 1.75 bits per heavy atom. The summed E-state index contributed by atoms with van der Waals surface area (Å²) in [6, 6.07) is 3.35. The molecule has 0 aliphatic heterocycles. The summed E-state index contributed by atoms with van der Waals surface area (Å²) in [6.07, 6.45) is 0.927. The lowest BCUT2D eigenvalue weighted by atomic mass is 9.94. The number of nitrogens with one attached hydrogen (secondary N) is 1. The number of anilines is 1. The maximum atomic E-state index is 12.1. The van der Waals surface area contributed by atoms with Crippen LogP contribution < -0.4 is 14.8 Å². The summed E-state index contributed by atoms with van der Waals surface area (Å²) in [5.74, 6) is 0.744. The average molecular weight is 336 g/mol. The van der Waals surface area contributed by atoms with Crippen molar-refractivity contribution in [3.8, 4) is 11.5 Å². The number of carbonyl (C=O) groups excluding carboxylic acids is 2. The van der Waals surface area contributed by atoms with Crippen molar-refractivity contribution in [3.05, 3.63) is 17.7 Å². The molecule has 0 radical (unpaired) electrons. The molecule has 0 saturated heterocycles. The quantitative estimate of drug-likeness (QED) is 0.655. The van der Waals surface area contributed by atoms with Gasteiger partial charge in [0, 0.05) is 0 Å². The number of aliphatic imine (C=N–C) groups is 1. The Hall–Kier alpha value is -2.53. The molecule has 1 rings (SSSR count). The van der Waals surface area contributed by atoms with Gasteiger partial charge in [-0.05, 0) is 52.3 Å². The van der Waals surface area contributed by atoms with E-state index in [9.17, 15) is 9.59 Å². The number of amides is 1. The van der Waals surface area contributed by atoms with Crippen LogP contribution in [0.2, 0.25) is 0 Å². The summed E-state index contributed by atoms with van der Waals surface area (Å²) in [5.41, 5.74) is -0.476. The van der Waals surface area contributed by atoms with Gasteiger partial charge >= 0.3 is 6.09 Å². The summed E-state index contributed by atoms with van der Waals surface area (Å²) in [4.78, 5) is 26.5. The number of hydrogen-bond donors (Lipinski definition) is 1. The normalized spacial score (nSPS) is 11.3. The molecule has 1 amide bonds. The smallest absolute Gasteiger partial charge is 0.412 e. The van der Waals surface area contributed by atoms with Crippen LogP contribution in [0.25, 0.3) is 0 Å². The molecule has 0 aliphatic rings. The van der Waals surface area contributed by atoms with Crippen LogP contribution in [-0.2, 0) is 15.1 Å². The first-order valence-corrected chi connectivity index (χ1v) is 7.39. The number of ether oxygens (including phenoxy) is 3. The summed E-state index contributed by atoms with van der Waals surface area (Å²) in [5, 5.41) is 2.64. The number of rotatable bonds is 5. The maximum Gasteiger partial charge on any atom is 0.412 e. The van der Waals surface area contributed by atoms with Gasteiger partial charge in [-0.1, -0.05) is 0 Å². The fourth-order valence-corrected chi connectivity index (χ4v) is 2.00. The molecule has 0 aromatic heterocycles. The highest BCUT2D eigenvalue weighted by Crippen LogP contribution is 2.40. The molecular formula is C17H24N2O5. The molecule has 1 aromatic rings. The number of carbonyl (C=O) groups is 1. The largest absolute Gasteiger partial charge is 0.493 e. The maximum absolute atomic E-state index is 12.1. The van der Waals surface area contributed by atoms with E-state index in [0.29, 0.717) is 22.7 Å². The van der Waals surface area contributed by atoms with Crippen LogP contribution in [0.5, 0.6) is 11.5 Å². The first-order valence-electron chi connectivity index (χ1n) is 7.39. The zero-order valence-corrected chi connectivity index (χ0v) is 15.1. The number of hydrogen-bond acceptors (Lipinski definition) is 6. The fourth-order valence-electron chi connectivity index (χ4n) is 2.00. The zero-order chi connectivity index (χ0) is 18.5. The lowest BCUT2D eigenvalue weighted by Crippen LogP contribution is -2.27. The number of methoxy groups -OCH3 is 2. The Balaban J connectivity index is 3.35. The number of nitrogens with zero attached hydrogens (tertiary/aromatic N) is 1. The third-order valence-electron chi connectivity index (χ3n) is 3.15. The van der Waals surface area contributed by atoms with Gasteiger partial charge in [0.1, 0.15) is 5.60 Å². The van der Waals surface area contributed by atoms with Crippen molar-refractivity contribution in [2.24, 2.45) is 4.99 Å². The van der Waals surface area contributed by atoms with Crippen LogP contribution in [0.15, 0.2) is 17.1 Å². The number of isocyanates is 1. The molecule has 1 N–H and O–H groups in total. The minimum absolute atomic E-state index is 0.345. The molecule has 0 bridgehead atoms. The molecule has 0 unspecified atom stereocenters. The van der Waals surface area contributed by atoms with Crippen molar-refractivity contribution in [1.29, 1.82) is 0 Å². The van der Waals surface area contributed by atoms with Crippen LogP contribution in [0, 0.1) is 0 Å². The van der Waals surface area contributed by atoms with Crippen molar-refractivity contribution in [2.45, 2.75) is 45.8 Å². The van der Waals surface area contributed by atoms with Crippen LogP contribution in [0.4, 0.5) is 10.5 Å². The van der Waals surface area contributed by atoms with Gasteiger partial charge in [-0.2, -0.15) is 4.99 Å². The van der Waals surface area contributed by atoms with Crippen LogP contribution in [0.1, 0.15) is 40.2 Å². The highest BCUT2D eigenvalue weighted by molar-refractivity contribution is 5.88. The zero-order valence-electron chi connectivity index (χ0n) is 15.1. The van der Waals surface area contributed by atoms with Crippen molar-refractivity contribution >= 4 is 17.9 Å². The van der Waals surface area contributed by atoms with Crippen molar-refractivity contribution in [2.75, 3.05) is 19.5 Å². The molecule has 1 aromatic carbocycles. The van der Waals surface area contributed by atoms with Crippen molar-refractivity contribution in [1.82, 2.24) is 0 Å². The van der Waals surface area contributed by atoms with E-state index >= 15 is 0 Å². The molecule has 0 aliphatic carbocycles. The Morgan fingerprint density at radius 3 is 2.21 bits per heavy atom. The van der Waals surface area contributed by atoms with Crippen LogP contribution in [-0.4, -0.2) is 32.0 Å². The monoisotopic (exact) mass is 336 g/mol. The van der Waals surface area contributed by atoms with Gasteiger partial charge in [-0.25, -0.2) is 9.59 Å². The SMILES string of the molecule is COc1cc(C(C)(C)N=C=O)cc(NC(=O)OC(C)(C)C)c1OC. The first-order chi connectivity index (χ1) is 11.0. The summed E-state index contributed by atoms with van der Waals surface area (Å²) < 4.78 is 15.9. The lowest BCUT2D eigenvalue weighted by Gasteiger charge is -2.23. The second-order valence-electron chi connectivity index (χ2n) is 6.65. The number of benzene rings is 1. The van der Waals surface area contributed by atoms with Crippen molar-refractivity contribution < 1.29 is 23.8 Å². The van der Waals surface area contributed by atoms with Gasteiger partial charge in [0.2, 0.25) is 6.08 Å². The molecule has 132 valence electrons. The molecule has 0 spiro atoms. The fraction of sp³-hybridized carbons (Fsp3) is 0.529. The highest BCUT2D eigenvalue weighted by Gasteiger charge is 2.25. The molecule has 0 heterocycles. The van der Waals surface area contributed by atoms with E-state index in [1.54, 1.807) is 52.8 Å². The lowest BCUT2D eigenvalue weighted by molar-refractivity contribution is 0.0635. The van der Waals surface area contributed by atoms with Gasteiger partial charge < -0.3 is 14.2 Å². The predicted molar refractivity (Wildman–Crippen MR) is 90.6 cm³/mol. The Kier molecular flexibility index (Phi) is 5.99. The van der Waals surface area contributed by atoms with E-state index in [0.717, 1.165) is 0 Å². The summed E-state index contributed by atoms with van der Waals surface area (Å²) >= 11 is 0. The minimum Gasteiger partial charge on any atom is -0.493 e. The van der Waals surface area contributed by atoms with Crippen molar-refractivity contribution in [3.63, 3.8) is 0 Å². The molecule has 7 heteroatoms. The highest BCUT2D eigenvalue weighted by atomic mass is 16.6. The van der Waals surface area contributed by atoms with E-state index in [1.165, 1.54) is 14.2 Å². The molecular weight excluding hydrogens is 312 g/mol. The van der Waals surface area contributed by atoms with Gasteiger partial charge in [0.25, 0.3) is 0 Å². The van der Waals surface area contributed by atoms with Crippen LogP contribution in [0.3, 0.4) is 0 Å². The minimum atomic E-state index is -0.842. The average Bonchev–Trinajstić information content (AvgIpc) is 2.44. The van der Waals surface area contributed by atoms with E-state index in [2.05, 4.69) is 10.3 Å². The summed E-state index contributed by atoms with van der Waals surface area (Å²) in [6.45, 7) is 8.79. The second kappa shape index (κ2) is 7.36. The first kappa shape index (κ1) is 19.5. The van der Waals surface area contributed by atoms with E-state index in [4.69, 9.17) is 14.2 Å². The Bertz CT molecular complexity index is 656. The van der Waals surface area contributed by atoms with E-state index in [1.807, 2.05) is 0 Å². The van der Waals surface area contributed by atoms with E-state index < -0.39 is 17.2 Å². The molecule has 0 fully saturated rings. The Labute approximate surface area is 142 Å². The Morgan fingerprint density at radius 1 is 1.12 bits per heavy atom. The molecule has 0 saturated carbocycles. The second-order valence-corrected chi connectivity index (χ2v) is 6.65. The van der Waals surface area contributed by atoms with Gasteiger partial charge in [-0.3, -0.25) is 5.32 Å². The standard InChI is InChI=1S/C17H24N2O5/c1-16(2,3)24-15(21)19-12-8-11(17(4,5)18-10-20)9-13(22-6)14(12)23-7/h8-9H,1-7H3,(H,19,21). The summed E-state index contributed by atoms with van der Waals surface area (Å²) in [7, 11) is 2.95. The molecule has 7 nitrogen and oxygen atoms in total. The van der Waals surface area contributed by atoms with Gasteiger partial charge in [0.05, 0.1) is 25.4 Å². The molecule has 0 atom stereocenters. The van der Waals surface area contributed by atoms with Crippen LogP contribution >= 0.6 is 0 Å². The van der Waals surface area contributed by atoms with E-state index in [-0.39, 0.29) is 0 Å². The topological polar surface area (TPSA) is 86.2 Å². The van der Waals surface area contributed by atoms with Gasteiger partial charge in [0.15, 0.2) is 11.5 Å². The third kappa shape index (κ3) is 4.99. The third-order valence-corrected chi connectivity index (χ3v) is 3.15. The predicted octanol–water partition coefficient (Wildman–Crippen LogP) is 3.62.